The molecule has 3 rings (SSSR count). The topological polar surface area (TPSA) is 39.4 Å². The molecule has 3 heterocycles. The van der Waals surface area contributed by atoms with E-state index in [4.69, 9.17) is 16.3 Å². The Morgan fingerprint density at radius 2 is 2.14 bits per heavy atom. The van der Waals surface area contributed by atoms with Gasteiger partial charge in [-0.1, -0.05) is 17.7 Å². The predicted octanol–water partition coefficient (Wildman–Crippen LogP) is 4.60. The zero-order valence-corrected chi connectivity index (χ0v) is 13.9. The van der Waals surface area contributed by atoms with Crippen molar-refractivity contribution >= 4 is 33.2 Å². The molecule has 0 aromatic carbocycles. The van der Waals surface area contributed by atoms with E-state index in [1.807, 2.05) is 42.5 Å². The first-order chi connectivity index (χ1) is 10.0. The van der Waals surface area contributed by atoms with Crippen molar-refractivity contribution in [3.05, 3.63) is 46.3 Å². The number of ether oxygens (including phenoxy) is 1. The first-order valence-electron chi connectivity index (χ1n) is 6.51. The Balaban J connectivity index is 2.13. The number of rotatable bonds is 3. The summed E-state index contributed by atoms with van der Waals surface area (Å²) in [7, 11) is 0. The lowest BCUT2D eigenvalue weighted by Crippen LogP contribution is -2.06. The molecule has 0 aliphatic rings. The molecule has 0 saturated heterocycles. The second-order valence-electron chi connectivity index (χ2n) is 4.87. The van der Waals surface area contributed by atoms with Gasteiger partial charge in [0.2, 0.25) is 0 Å². The van der Waals surface area contributed by atoms with Gasteiger partial charge < -0.3 is 4.74 Å². The molecule has 21 heavy (non-hydrogen) atoms. The summed E-state index contributed by atoms with van der Waals surface area (Å²) in [4.78, 5) is 8.85. The monoisotopic (exact) mass is 365 g/mol. The fourth-order valence-corrected chi connectivity index (χ4v) is 2.61. The van der Waals surface area contributed by atoms with E-state index in [-0.39, 0.29) is 6.10 Å². The molecule has 0 aliphatic heterocycles. The lowest BCUT2D eigenvalue weighted by Gasteiger charge is -2.12. The smallest absolute Gasteiger partial charge is 0.143 e. The lowest BCUT2D eigenvalue weighted by atomic mass is 10.3. The molecular weight excluding hydrogens is 354 g/mol. The number of hydrogen-bond donors (Lipinski definition) is 0. The molecule has 0 N–H and O–H groups in total. The number of imidazole rings is 1. The Bertz CT molecular complexity index is 801. The minimum Gasteiger partial charge on any atom is -0.489 e. The Morgan fingerprint density at radius 1 is 1.33 bits per heavy atom. The van der Waals surface area contributed by atoms with Gasteiger partial charge in [-0.25, -0.2) is 9.97 Å². The van der Waals surface area contributed by atoms with Crippen molar-refractivity contribution < 1.29 is 4.74 Å². The highest BCUT2D eigenvalue weighted by Crippen LogP contribution is 2.29. The van der Waals surface area contributed by atoms with E-state index in [1.165, 1.54) is 0 Å². The Kier molecular flexibility index (Phi) is 3.87. The van der Waals surface area contributed by atoms with Crippen LogP contribution in [0.4, 0.5) is 0 Å². The van der Waals surface area contributed by atoms with Gasteiger partial charge >= 0.3 is 0 Å². The summed E-state index contributed by atoms with van der Waals surface area (Å²) in [5.41, 5.74) is 2.47. The maximum atomic E-state index is 6.29. The summed E-state index contributed by atoms with van der Waals surface area (Å²) >= 11 is 9.67. The molecule has 0 fully saturated rings. The fraction of sp³-hybridized carbons (Fsp3) is 0.200. The number of aromatic nitrogens is 3. The largest absolute Gasteiger partial charge is 0.489 e. The van der Waals surface area contributed by atoms with E-state index in [1.54, 1.807) is 12.4 Å². The average Bonchev–Trinajstić information content (AvgIpc) is 2.81. The third-order valence-corrected chi connectivity index (χ3v) is 3.63. The average molecular weight is 367 g/mol. The molecule has 4 nitrogen and oxygen atoms in total. The summed E-state index contributed by atoms with van der Waals surface area (Å²) in [6, 6.07) is 7.59. The molecule has 0 bridgehead atoms. The molecule has 108 valence electrons. The third-order valence-electron chi connectivity index (χ3n) is 2.90. The van der Waals surface area contributed by atoms with Gasteiger partial charge in [0.05, 0.1) is 28.7 Å². The van der Waals surface area contributed by atoms with Crippen molar-refractivity contribution in [1.29, 1.82) is 0 Å². The summed E-state index contributed by atoms with van der Waals surface area (Å²) in [6.45, 7) is 3.92. The second-order valence-corrected chi connectivity index (χ2v) is 6.09. The Hall–Kier alpha value is -1.59. The highest BCUT2D eigenvalue weighted by molar-refractivity contribution is 9.10. The van der Waals surface area contributed by atoms with Gasteiger partial charge in [0.15, 0.2) is 0 Å². The van der Waals surface area contributed by atoms with Crippen LogP contribution in [0.2, 0.25) is 5.02 Å². The van der Waals surface area contributed by atoms with Crippen LogP contribution in [0.25, 0.3) is 17.0 Å². The highest BCUT2D eigenvalue weighted by atomic mass is 79.9. The van der Waals surface area contributed by atoms with Crippen molar-refractivity contribution in [2.24, 2.45) is 0 Å². The zero-order chi connectivity index (χ0) is 15.0. The van der Waals surface area contributed by atoms with Crippen LogP contribution in [0.3, 0.4) is 0 Å². The van der Waals surface area contributed by atoms with Gasteiger partial charge in [-0.05, 0) is 41.9 Å². The normalized spacial score (nSPS) is 11.3. The maximum Gasteiger partial charge on any atom is 0.143 e. The van der Waals surface area contributed by atoms with Crippen LogP contribution in [0.5, 0.6) is 5.75 Å². The Morgan fingerprint density at radius 3 is 2.86 bits per heavy atom. The van der Waals surface area contributed by atoms with Crippen LogP contribution in [-0.4, -0.2) is 20.5 Å². The number of halogens is 2. The van der Waals surface area contributed by atoms with E-state index in [0.717, 1.165) is 21.6 Å². The van der Waals surface area contributed by atoms with Gasteiger partial charge in [-0.15, -0.1) is 0 Å². The maximum absolute atomic E-state index is 6.29. The minimum atomic E-state index is 0.0612. The van der Waals surface area contributed by atoms with E-state index in [2.05, 4.69) is 25.9 Å². The molecule has 3 aromatic heterocycles. The molecule has 0 amide bonds. The summed E-state index contributed by atoms with van der Waals surface area (Å²) in [5.74, 6) is 0.638. The van der Waals surface area contributed by atoms with E-state index in [0.29, 0.717) is 10.8 Å². The number of hydrogen-bond acceptors (Lipinski definition) is 3. The van der Waals surface area contributed by atoms with Crippen molar-refractivity contribution in [1.82, 2.24) is 14.4 Å². The number of pyridine rings is 2. The molecule has 0 aliphatic carbocycles. The van der Waals surface area contributed by atoms with E-state index >= 15 is 0 Å². The van der Waals surface area contributed by atoms with Gasteiger partial charge in [0, 0.05) is 12.3 Å². The second kappa shape index (κ2) is 5.66. The van der Waals surface area contributed by atoms with Gasteiger partial charge in [0.1, 0.15) is 16.0 Å². The van der Waals surface area contributed by atoms with E-state index < -0.39 is 0 Å². The van der Waals surface area contributed by atoms with Crippen LogP contribution < -0.4 is 4.74 Å². The minimum absolute atomic E-state index is 0.0612. The number of fused-ring (bicyclic) bond motifs is 1. The van der Waals surface area contributed by atoms with E-state index in [9.17, 15) is 0 Å². The molecule has 0 radical (unpaired) electrons. The van der Waals surface area contributed by atoms with Crippen molar-refractivity contribution in [3.8, 4) is 17.1 Å². The van der Waals surface area contributed by atoms with Gasteiger partial charge in [-0.3, -0.25) is 4.40 Å². The van der Waals surface area contributed by atoms with Crippen molar-refractivity contribution in [3.63, 3.8) is 0 Å². The van der Waals surface area contributed by atoms with Crippen LogP contribution in [-0.2, 0) is 0 Å². The molecule has 0 saturated carbocycles. The van der Waals surface area contributed by atoms with Crippen molar-refractivity contribution in [2.75, 3.05) is 0 Å². The zero-order valence-electron chi connectivity index (χ0n) is 11.5. The quantitative estimate of drug-likeness (QED) is 0.636. The molecule has 0 atom stereocenters. The molecule has 0 spiro atoms. The van der Waals surface area contributed by atoms with Crippen LogP contribution >= 0.6 is 27.5 Å². The summed E-state index contributed by atoms with van der Waals surface area (Å²) in [6.07, 6.45) is 3.64. The van der Waals surface area contributed by atoms with Gasteiger partial charge in [0.25, 0.3) is 0 Å². The Labute approximate surface area is 135 Å². The fourth-order valence-electron chi connectivity index (χ4n) is 2.07. The number of nitrogens with zero attached hydrogens (tertiary/aromatic N) is 3. The molecule has 0 unspecified atom stereocenters. The van der Waals surface area contributed by atoms with Crippen LogP contribution in [0.1, 0.15) is 13.8 Å². The first kappa shape index (κ1) is 14.4. The standard InChI is InChI=1S/C15H13BrClN3O/c1-9(2)21-13-6-15-18-7-12(20(15)8-10(13)17)11-4-3-5-14(16)19-11/h3-9H,1-2H3. The highest BCUT2D eigenvalue weighted by Gasteiger charge is 2.12. The molecular formula is C15H13BrClN3O. The third kappa shape index (κ3) is 2.89. The lowest BCUT2D eigenvalue weighted by molar-refractivity contribution is 0.242. The predicted molar refractivity (Wildman–Crippen MR) is 86.9 cm³/mol. The molecule has 6 heteroatoms. The first-order valence-corrected chi connectivity index (χ1v) is 7.68. The SMILES string of the molecule is CC(C)Oc1cc2ncc(-c3cccc(Br)n3)n2cc1Cl. The summed E-state index contributed by atoms with van der Waals surface area (Å²) in [5, 5.41) is 0.547. The van der Waals surface area contributed by atoms with Crippen LogP contribution in [0, 0.1) is 0 Å². The van der Waals surface area contributed by atoms with Crippen molar-refractivity contribution in [2.45, 2.75) is 20.0 Å². The van der Waals surface area contributed by atoms with Crippen LogP contribution in [0.15, 0.2) is 41.3 Å². The summed E-state index contributed by atoms with van der Waals surface area (Å²) < 4.78 is 8.36. The molecule has 3 aromatic rings. The van der Waals surface area contributed by atoms with Gasteiger partial charge in [-0.2, -0.15) is 0 Å².